The molecule has 0 spiro atoms. The van der Waals surface area contributed by atoms with Crippen LogP contribution in [0.4, 0.5) is 5.13 Å². The van der Waals surface area contributed by atoms with Crippen molar-refractivity contribution in [1.82, 2.24) is 15.1 Å². The number of carbonyl (C=O) groups excluding carboxylic acids is 1. The predicted octanol–water partition coefficient (Wildman–Crippen LogP) is 0.814. The molecule has 18 heavy (non-hydrogen) atoms. The minimum absolute atomic E-state index is 0.0759. The second kappa shape index (κ2) is 6.10. The van der Waals surface area contributed by atoms with Gasteiger partial charge in [-0.15, -0.1) is 10.2 Å². The van der Waals surface area contributed by atoms with Crippen LogP contribution in [0, 0.1) is 5.92 Å². The van der Waals surface area contributed by atoms with E-state index in [4.69, 9.17) is 5.11 Å². The quantitative estimate of drug-likeness (QED) is 0.828. The third-order valence-electron chi connectivity index (χ3n) is 2.97. The number of nitrogens with zero attached hydrogens (tertiary/aromatic N) is 3. The van der Waals surface area contributed by atoms with Crippen LogP contribution in [-0.4, -0.2) is 52.4 Å². The molecule has 1 aromatic heterocycles. The van der Waals surface area contributed by atoms with E-state index in [0.29, 0.717) is 23.2 Å². The first-order chi connectivity index (χ1) is 8.74. The Morgan fingerprint density at radius 1 is 1.61 bits per heavy atom. The largest absolute Gasteiger partial charge is 0.396 e. The number of anilines is 1. The number of nitrogens with one attached hydrogen (secondary N) is 1. The van der Waals surface area contributed by atoms with Crippen LogP contribution in [0.15, 0.2) is 0 Å². The van der Waals surface area contributed by atoms with Gasteiger partial charge in [0.05, 0.1) is 0 Å². The van der Waals surface area contributed by atoms with E-state index in [0.717, 1.165) is 19.4 Å². The predicted molar refractivity (Wildman–Crippen MR) is 69.8 cm³/mol. The van der Waals surface area contributed by atoms with Crippen molar-refractivity contribution in [3.8, 4) is 0 Å². The first kappa shape index (κ1) is 13.2. The lowest BCUT2D eigenvalue weighted by Gasteiger charge is -2.13. The molecule has 1 atom stereocenters. The van der Waals surface area contributed by atoms with Gasteiger partial charge in [-0.25, -0.2) is 0 Å². The van der Waals surface area contributed by atoms with Crippen molar-refractivity contribution in [2.24, 2.45) is 5.92 Å². The van der Waals surface area contributed by atoms with E-state index in [1.54, 1.807) is 4.90 Å². The van der Waals surface area contributed by atoms with Crippen molar-refractivity contribution in [3.63, 3.8) is 0 Å². The van der Waals surface area contributed by atoms with Gasteiger partial charge in [0.2, 0.25) is 10.1 Å². The van der Waals surface area contributed by atoms with Crippen LogP contribution in [0.5, 0.6) is 0 Å². The zero-order chi connectivity index (χ0) is 13.0. The molecule has 2 heterocycles. The second-order valence-electron chi connectivity index (χ2n) is 4.43. The number of aromatic nitrogens is 2. The standard InChI is InChI=1S/C11H18N4O2S/c1-2-4-12-11-14-13-9(18-11)10(17)15-5-3-8(6-15)7-16/h8,16H,2-7H2,1H3,(H,12,14). The topological polar surface area (TPSA) is 78.4 Å². The van der Waals surface area contributed by atoms with Crippen molar-refractivity contribution in [2.75, 3.05) is 31.6 Å². The molecule has 1 amide bonds. The van der Waals surface area contributed by atoms with Crippen LogP contribution in [0.1, 0.15) is 29.6 Å². The molecule has 0 bridgehead atoms. The summed E-state index contributed by atoms with van der Waals surface area (Å²) >= 11 is 1.29. The molecule has 0 aliphatic carbocycles. The van der Waals surface area contributed by atoms with Gasteiger partial charge in [0, 0.05) is 32.2 Å². The summed E-state index contributed by atoms with van der Waals surface area (Å²) in [5.41, 5.74) is 0. The maximum atomic E-state index is 12.1. The molecule has 1 aromatic rings. The van der Waals surface area contributed by atoms with E-state index in [1.165, 1.54) is 11.3 Å². The molecule has 0 saturated carbocycles. The first-order valence-corrected chi connectivity index (χ1v) is 7.03. The number of rotatable bonds is 5. The van der Waals surface area contributed by atoms with Gasteiger partial charge in [0.1, 0.15) is 0 Å². The highest BCUT2D eigenvalue weighted by Crippen LogP contribution is 2.21. The zero-order valence-electron chi connectivity index (χ0n) is 10.4. The summed E-state index contributed by atoms with van der Waals surface area (Å²) < 4.78 is 0. The van der Waals surface area contributed by atoms with E-state index in [2.05, 4.69) is 22.4 Å². The first-order valence-electron chi connectivity index (χ1n) is 6.22. The lowest BCUT2D eigenvalue weighted by molar-refractivity contribution is 0.0780. The average molecular weight is 270 g/mol. The summed E-state index contributed by atoms with van der Waals surface area (Å²) in [6, 6.07) is 0. The Labute approximate surface area is 110 Å². The second-order valence-corrected chi connectivity index (χ2v) is 5.41. The highest BCUT2D eigenvalue weighted by atomic mass is 32.1. The number of carbonyl (C=O) groups is 1. The summed E-state index contributed by atoms with van der Waals surface area (Å²) in [6.07, 6.45) is 1.87. The van der Waals surface area contributed by atoms with Gasteiger partial charge in [0.25, 0.3) is 5.91 Å². The Bertz CT molecular complexity index is 410. The van der Waals surface area contributed by atoms with Gasteiger partial charge in [-0.05, 0) is 12.8 Å². The molecule has 100 valence electrons. The maximum absolute atomic E-state index is 12.1. The number of hydrogen-bond acceptors (Lipinski definition) is 6. The highest BCUT2D eigenvalue weighted by Gasteiger charge is 2.28. The smallest absolute Gasteiger partial charge is 0.284 e. The number of amides is 1. The van der Waals surface area contributed by atoms with Gasteiger partial charge in [-0.3, -0.25) is 4.79 Å². The molecule has 0 aromatic carbocycles. The minimum Gasteiger partial charge on any atom is -0.396 e. The molecule has 1 fully saturated rings. The van der Waals surface area contributed by atoms with Crippen LogP contribution < -0.4 is 5.32 Å². The fraction of sp³-hybridized carbons (Fsp3) is 0.727. The minimum atomic E-state index is -0.0759. The third-order valence-corrected chi connectivity index (χ3v) is 3.83. The fourth-order valence-electron chi connectivity index (χ4n) is 1.91. The summed E-state index contributed by atoms with van der Waals surface area (Å²) in [7, 11) is 0. The van der Waals surface area contributed by atoms with Crippen molar-refractivity contribution in [2.45, 2.75) is 19.8 Å². The van der Waals surface area contributed by atoms with Crippen molar-refractivity contribution < 1.29 is 9.90 Å². The molecule has 1 aliphatic heterocycles. The Kier molecular flexibility index (Phi) is 4.48. The monoisotopic (exact) mass is 270 g/mol. The van der Waals surface area contributed by atoms with Crippen LogP contribution in [-0.2, 0) is 0 Å². The number of likely N-dealkylation sites (tertiary alicyclic amines) is 1. The third kappa shape index (κ3) is 2.97. The molecule has 1 saturated heterocycles. The van der Waals surface area contributed by atoms with Gasteiger partial charge in [0.15, 0.2) is 0 Å². The molecular formula is C11H18N4O2S. The van der Waals surface area contributed by atoms with Crippen LogP contribution in [0.25, 0.3) is 0 Å². The number of aliphatic hydroxyl groups excluding tert-OH is 1. The maximum Gasteiger partial charge on any atom is 0.284 e. The SMILES string of the molecule is CCCNc1nnc(C(=O)N2CCC(CO)C2)s1. The van der Waals surface area contributed by atoms with Crippen molar-refractivity contribution in [1.29, 1.82) is 0 Å². The molecule has 6 nitrogen and oxygen atoms in total. The van der Waals surface area contributed by atoms with E-state index < -0.39 is 0 Å². The van der Waals surface area contributed by atoms with Crippen LogP contribution in [0.3, 0.4) is 0 Å². The van der Waals surface area contributed by atoms with E-state index >= 15 is 0 Å². The van der Waals surface area contributed by atoms with Crippen molar-refractivity contribution >= 4 is 22.4 Å². The molecular weight excluding hydrogens is 252 g/mol. The zero-order valence-corrected chi connectivity index (χ0v) is 11.2. The molecule has 1 unspecified atom stereocenters. The lowest BCUT2D eigenvalue weighted by Crippen LogP contribution is -2.29. The summed E-state index contributed by atoms with van der Waals surface area (Å²) in [6.45, 7) is 4.36. The van der Waals surface area contributed by atoms with Gasteiger partial charge in [-0.2, -0.15) is 0 Å². The van der Waals surface area contributed by atoms with Crippen molar-refractivity contribution in [3.05, 3.63) is 5.01 Å². The summed E-state index contributed by atoms with van der Waals surface area (Å²) in [5.74, 6) is 0.132. The molecule has 2 rings (SSSR count). The molecule has 0 radical (unpaired) electrons. The molecule has 2 N–H and O–H groups in total. The normalized spacial score (nSPS) is 19.2. The van der Waals surface area contributed by atoms with Crippen LogP contribution >= 0.6 is 11.3 Å². The van der Waals surface area contributed by atoms with E-state index in [-0.39, 0.29) is 18.4 Å². The van der Waals surface area contributed by atoms with E-state index in [9.17, 15) is 4.79 Å². The Morgan fingerprint density at radius 3 is 3.11 bits per heavy atom. The Morgan fingerprint density at radius 2 is 2.44 bits per heavy atom. The summed E-state index contributed by atoms with van der Waals surface area (Å²) in [4.78, 5) is 13.9. The number of hydrogen-bond donors (Lipinski definition) is 2. The Hall–Kier alpha value is -1.21. The van der Waals surface area contributed by atoms with E-state index in [1.807, 2.05) is 0 Å². The van der Waals surface area contributed by atoms with Gasteiger partial charge < -0.3 is 15.3 Å². The fourth-order valence-corrected chi connectivity index (χ4v) is 2.65. The van der Waals surface area contributed by atoms with Gasteiger partial charge in [-0.1, -0.05) is 18.3 Å². The molecule has 1 aliphatic rings. The van der Waals surface area contributed by atoms with Crippen LogP contribution in [0.2, 0.25) is 0 Å². The highest BCUT2D eigenvalue weighted by molar-refractivity contribution is 7.17. The average Bonchev–Trinajstić information content (AvgIpc) is 3.04. The Balaban J connectivity index is 1.94. The number of aliphatic hydroxyl groups is 1. The lowest BCUT2D eigenvalue weighted by atomic mass is 10.1. The molecule has 7 heteroatoms. The summed E-state index contributed by atoms with van der Waals surface area (Å²) in [5, 5.41) is 21.2. The van der Waals surface area contributed by atoms with Gasteiger partial charge >= 0.3 is 0 Å².